The van der Waals surface area contributed by atoms with Gasteiger partial charge in [0.05, 0.1) is 36.8 Å². The van der Waals surface area contributed by atoms with Crippen molar-refractivity contribution in [1.29, 1.82) is 0 Å². The second-order valence-electron chi connectivity index (χ2n) is 6.74. The molecule has 1 fully saturated rings. The lowest BCUT2D eigenvalue weighted by Crippen LogP contribution is -2.41. The van der Waals surface area contributed by atoms with Gasteiger partial charge in [0.1, 0.15) is 11.5 Å². The number of hydrogen-bond donors (Lipinski definition) is 2. The number of morpholine rings is 1. The summed E-state index contributed by atoms with van der Waals surface area (Å²) in [5.41, 5.74) is 0.543. The average molecular weight is 423 g/mol. The van der Waals surface area contributed by atoms with E-state index in [9.17, 15) is 13.2 Å². The molecule has 1 aromatic carbocycles. The summed E-state index contributed by atoms with van der Waals surface area (Å²) in [5, 5.41) is 8.42. The normalized spacial score (nSPS) is 16.4. The van der Waals surface area contributed by atoms with Crippen LogP contribution in [0.2, 0.25) is 0 Å². The predicted octanol–water partition coefficient (Wildman–Crippen LogP) is 1.51. The van der Waals surface area contributed by atoms with Gasteiger partial charge in [0.15, 0.2) is 0 Å². The molecule has 3 N–H and O–H groups in total. The van der Waals surface area contributed by atoms with Crippen LogP contribution >= 0.6 is 0 Å². The van der Waals surface area contributed by atoms with Crippen LogP contribution in [-0.2, 0) is 19.5 Å². The Balaban J connectivity index is 1.87. The van der Waals surface area contributed by atoms with E-state index in [1.165, 1.54) is 25.3 Å². The number of methoxy groups -OCH3 is 1. The zero-order valence-electron chi connectivity index (χ0n) is 16.4. The number of sulfonamides is 1. The maximum atomic E-state index is 12.2. The number of nitrogens with one attached hydrogen (secondary N) is 1. The topological polar surface area (TPSA) is 124 Å². The molecule has 158 valence electrons. The summed E-state index contributed by atoms with van der Waals surface area (Å²) in [6.45, 7) is 5.08. The van der Waals surface area contributed by atoms with E-state index >= 15 is 0 Å². The quantitative estimate of drug-likeness (QED) is 0.642. The first-order valence-corrected chi connectivity index (χ1v) is 10.7. The van der Waals surface area contributed by atoms with Crippen molar-refractivity contribution in [2.24, 2.45) is 5.14 Å². The number of furan rings is 1. The van der Waals surface area contributed by atoms with Crippen molar-refractivity contribution in [3.63, 3.8) is 0 Å². The summed E-state index contributed by atoms with van der Waals surface area (Å²) in [5.74, 6) is 0.957. The standard InChI is InChI=1S/C19H25N3O6S/c1-13-3-6-18(28-13)17(22-7-9-27-10-8-22)12-21-16-5-4-14(29(20,24)25)11-15(16)19(23)26-2/h3-6,11,17,21H,7-10,12H2,1-2H3,(H2,20,24,25). The number of carbonyl (C=O) groups excluding carboxylic acids is 1. The van der Waals surface area contributed by atoms with Crippen LogP contribution in [0.5, 0.6) is 0 Å². The molecule has 10 heteroatoms. The molecule has 1 atom stereocenters. The van der Waals surface area contributed by atoms with Crippen LogP contribution in [0, 0.1) is 6.92 Å². The Labute approximate surface area is 169 Å². The van der Waals surface area contributed by atoms with Crippen LogP contribution < -0.4 is 10.5 Å². The van der Waals surface area contributed by atoms with Gasteiger partial charge in [-0.2, -0.15) is 0 Å². The molecule has 0 radical (unpaired) electrons. The number of benzene rings is 1. The van der Waals surface area contributed by atoms with Gasteiger partial charge in [-0.05, 0) is 37.3 Å². The van der Waals surface area contributed by atoms with Gasteiger partial charge in [-0.3, -0.25) is 4.90 Å². The van der Waals surface area contributed by atoms with Crippen LogP contribution in [0.15, 0.2) is 39.6 Å². The van der Waals surface area contributed by atoms with Gasteiger partial charge in [0.2, 0.25) is 10.0 Å². The average Bonchev–Trinajstić information content (AvgIpc) is 3.13. The Bertz CT molecular complexity index is 966. The Kier molecular flexibility index (Phi) is 6.58. The number of ether oxygens (including phenoxy) is 2. The van der Waals surface area contributed by atoms with Gasteiger partial charge in [0, 0.05) is 25.3 Å². The molecule has 1 aliphatic heterocycles. The van der Waals surface area contributed by atoms with E-state index in [0.717, 1.165) is 24.6 Å². The fourth-order valence-corrected chi connectivity index (χ4v) is 3.81. The molecule has 0 aliphatic carbocycles. The highest BCUT2D eigenvalue weighted by Crippen LogP contribution is 2.27. The molecular weight excluding hydrogens is 398 g/mol. The summed E-state index contributed by atoms with van der Waals surface area (Å²) in [6, 6.07) is 7.83. The van der Waals surface area contributed by atoms with Crippen LogP contribution in [0.3, 0.4) is 0 Å². The highest BCUT2D eigenvalue weighted by Gasteiger charge is 2.26. The zero-order valence-corrected chi connectivity index (χ0v) is 17.2. The maximum Gasteiger partial charge on any atom is 0.340 e. The predicted molar refractivity (Wildman–Crippen MR) is 106 cm³/mol. The van der Waals surface area contributed by atoms with Crippen LogP contribution in [0.1, 0.15) is 27.9 Å². The molecule has 9 nitrogen and oxygen atoms in total. The maximum absolute atomic E-state index is 12.2. The molecule has 2 heterocycles. The first-order chi connectivity index (χ1) is 13.8. The van der Waals surface area contributed by atoms with Crippen LogP contribution in [0.4, 0.5) is 5.69 Å². The van der Waals surface area contributed by atoms with Gasteiger partial charge >= 0.3 is 5.97 Å². The van der Waals surface area contributed by atoms with Gasteiger partial charge in [0.25, 0.3) is 0 Å². The van der Waals surface area contributed by atoms with Crippen molar-refractivity contribution in [3.05, 3.63) is 47.4 Å². The van der Waals surface area contributed by atoms with E-state index < -0.39 is 16.0 Å². The SMILES string of the molecule is COC(=O)c1cc(S(N)(=O)=O)ccc1NCC(c1ccc(C)o1)N1CCOCC1. The molecular formula is C19H25N3O6S. The molecule has 3 rings (SSSR count). The minimum absolute atomic E-state index is 0.0870. The fraction of sp³-hybridized carbons (Fsp3) is 0.421. The number of rotatable bonds is 7. The lowest BCUT2D eigenvalue weighted by molar-refractivity contribution is 0.0143. The first kappa shape index (κ1) is 21.3. The third kappa shape index (κ3) is 5.15. The van der Waals surface area contributed by atoms with E-state index in [1.807, 2.05) is 19.1 Å². The number of nitrogens with two attached hydrogens (primary N) is 1. The Hall–Kier alpha value is -2.40. The Morgan fingerprint density at radius 1 is 1.28 bits per heavy atom. The van der Waals surface area contributed by atoms with E-state index in [4.69, 9.17) is 19.0 Å². The van der Waals surface area contributed by atoms with Gasteiger partial charge in [-0.1, -0.05) is 0 Å². The third-order valence-electron chi connectivity index (χ3n) is 4.79. The van der Waals surface area contributed by atoms with Gasteiger partial charge in [-0.25, -0.2) is 18.4 Å². The minimum atomic E-state index is -3.95. The molecule has 0 amide bonds. The lowest BCUT2D eigenvalue weighted by atomic mass is 10.1. The second kappa shape index (κ2) is 8.95. The highest BCUT2D eigenvalue weighted by molar-refractivity contribution is 7.89. The van der Waals surface area contributed by atoms with Crippen molar-refractivity contribution in [2.45, 2.75) is 17.9 Å². The van der Waals surface area contributed by atoms with Crippen LogP contribution in [0.25, 0.3) is 0 Å². The largest absolute Gasteiger partial charge is 0.465 e. The van der Waals surface area contributed by atoms with Gasteiger partial charge < -0.3 is 19.2 Å². The number of primary sulfonamides is 1. The van der Waals surface area contributed by atoms with Crippen molar-refractivity contribution >= 4 is 21.7 Å². The molecule has 1 unspecified atom stereocenters. The molecule has 1 aromatic heterocycles. The van der Waals surface area contributed by atoms with Gasteiger partial charge in [-0.15, -0.1) is 0 Å². The number of hydrogen-bond acceptors (Lipinski definition) is 8. The van der Waals surface area contributed by atoms with E-state index in [0.29, 0.717) is 25.4 Å². The zero-order chi connectivity index (χ0) is 21.0. The molecule has 1 aliphatic rings. The molecule has 0 saturated carbocycles. The number of anilines is 1. The number of nitrogens with zero attached hydrogens (tertiary/aromatic N) is 1. The lowest BCUT2D eigenvalue weighted by Gasteiger charge is -2.33. The van der Waals surface area contributed by atoms with E-state index in [2.05, 4.69) is 10.2 Å². The number of carbonyl (C=O) groups is 1. The molecule has 29 heavy (non-hydrogen) atoms. The molecule has 0 spiro atoms. The third-order valence-corrected chi connectivity index (χ3v) is 5.70. The smallest absolute Gasteiger partial charge is 0.340 e. The molecule has 2 aromatic rings. The van der Waals surface area contributed by atoms with Crippen molar-refractivity contribution in [3.8, 4) is 0 Å². The van der Waals surface area contributed by atoms with Crippen molar-refractivity contribution < 1.29 is 27.1 Å². The minimum Gasteiger partial charge on any atom is -0.465 e. The first-order valence-electron chi connectivity index (χ1n) is 9.17. The second-order valence-corrected chi connectivity index (χ2v) is 8.30. The van der Waals surface area contributed by atoms with E-state index in [1.54, 1.807) is 0 Å². The number of aryl methyl sites for hydroxylation is 1. The summed E-state index contributed by atoms with van der Waals surface area (Å²) < 4.78 is 39.4. The van der Waals surface area contributed by atoms with E-state index in [-0.39, 0.29) is 16.5 Å². The van der Waals surface area contributed by atoms with Crippen molar-refractivity contribution in [2.75, 3.05) is 45.3 Å². The number of esters is 1. The van der Waals surface area contributed by atoms with Crippen LogP contribution in [-0.4, -0.2) is 59.2 Å². The summed E-state index contributed by atoms with van der Waals surface area (Å²) in [6.07, 6.45) is 0. The van der Waals surface area contributed by atoms with Crippen molar-refractivity contribution in [1.82, 2.24) is 4.90 Å². The monoisotopic (exact) mass is 423 g/mol. The summed E-state index contributed by atoms with van der Waals surface area (Å²) in [4.78, 5) is 14.3. The fourth-order valence-electron chi connectivity index (χ4n) is 3.27. The summed E-state index contributed by atoms with van der Waals surface area (Å²) in [7, 11) is -2.71. The highest BCUT2D eigenvalue weighted by atomic mass is 32.2. The molecule has 1 saturated heterocycles. The Morgan fingerprint density at radius 3 is 2.59 bits per heavy atom. The molecule has 0 bridgehead atoms. The Morgan fingerprint density at radius 2 is 2.00 bits per heavy atom. The summed E-state index contributed by atoms with van der Waals surface area (Å²) >= 11 is 0.